The highest BCUT2D eigenvalue weighted by Gasteiger charge is 2.25. The fourth-order valence-electron chi connectivity index (χ4n) is 2.78. The standard InChI is InChI=1S/C14H24N4O/c1-2-14-16-13(17-19-14)10-18-7-3-4-11(9-18)8-15-12-5-6-12/h11-12,15H,2-10H2,1H3. The van der Waals surface area contributed by atoms with Gasteiger partial charge in [-0.25, -0.2) is 0 Å². The van der Waals surface area contributed by atoms with Crippen LogP contribution in [0.5, 0.6) is 0 Å². The number of aryl methyl sites for hydroxylation is 1. The van der Waals surface area contributed by atoms with Crippen LogP contribution in [0.25, 0.3) is 0 Å². The topological polar surface area (TPSA) is 54.2 Å². The van der Waals surface area contributed by atoms with Crippen LogP contribution >= 0.6 is 0 Å². The van der Waals surface area contributed by atoms with E-state index < -0.39 is 0 Å². The summed E-state index contributed by atoms with van der Waals surface area (Å²) in [5.41, 5.74) is 0. The quantitative estimate of drug-likeness (QED) is 0.845. The fourth-order valence-corrected chi connectivity index (χ4v) is 2.78. The number of rotatable bonds is 6. The number of hydrogen-bond donors (Lipinski definition) is 1. The Morgan fingerprint density at radius 3 is 3.00 bits per heavy atom. The molecule has 2 fully saturated rings. The van der Waals surface area contributed by atoms with E-state index in [0.29, 0.717) is 0 Å². The van der Waals surface area contributed by atoms with Crippen molar-refractivity contribution in [3.63, 3.8) is 0 Å². The molecule has 1 aliphatic carbocycles. The lowest BCUT2D eigenvalue weighted by atomic mass is 9.98. The van der Waals surface area contributed by atoms with Crippen LogP contribution in [0.1, 0.15) is 44.3 Å². The van der Waals surface area contributed by atoms with Gasteiger partial charge in [0.25, 0.3) is 0 Å². The first-order valence-corrected chi connectivity index (χ1v) is 7.60. The minimum absolute atomic E-state index is 0.749. The highest BCUT2D eigenvalue weighted by Crippen LogP contribution is 2.21. The summed E-state index contributed by atoms with van der Waals surface area (Å²) in [7, 11) is 0. The Balaban J connectivity index is 1.46. The molecular weight excluding hydrogens is 240 g/mol. The number of nitrogens with zero attached hydrogens (tertiary/aromatic N) is 3. The Hall–Kier alpha value is -0.940. The van der Waals surface area contributed by atoms with E-state index in [9.17, 15) is 0 Å². The zero-order chi connectivity index (χ0) is 13.1. The van der Waals surface area contributed by atoms with Crippen molar-refractivity contribution in [2.75, 3.05) is 19.6 Å². The normalized spacial score (nSPS) is 24.8. The summed E-state index contributed by atoms with van der Waals surface area (Å²) < 4.78 is 5.17. The van der Waals surface area contributed by atoms with E-state index in [1.54, 1.807) is 0 Å². The maximum atomic E-state index is 5.17. The van der Waals surface area contributed by atoms with Crippen molar-refractivity contribution in [2.45, 2.75) is 51.6 Å². The predicted molar refractivity (Wildman–Crippen MR) is 72.7 cm³/mol. The van der Waals surface area contributed by atoms with E-state index in [4.69, 9.17) is 4.52 Å². The third-order valence-electron chi connectivity index (χ3n) is 4.05. The first-order chi connectivity index (χ1) is 9.33. The van der Waals surface area contributed by atoms with Gasteiger partial charge >= 0.3 is 0 Å². The smallest absolute Gasteiger partial charge is 0.226 e. The molecule has 1 saturated heterocycles. The second-order valence-electron chi connectivity index (χ2n) is 5.88. The lowest BCUT2D eigenvalue weighted by Crippen LogP contribution is -2.39. The summed E-state index contributed by atoms with van der Waals surface area (Å²) in [5, 5.41) is 7.69. The summed E-state index contributed by atoms with van der Waals surface area (Å²) >= 11 is 0. The Bertz CT molecular complexity index is 402. The second kappa shape index (κ2) is 6.01. The van der Waals surface area contributed by atoms with Gasteiger partial charge in [0.05, 0.1) is 6.54 Å². The highest BCUT2D eigenvalue weighted by molar-refractivity contribution is 4.88. The van der Waals surface area contributed by atoms with Crippen molar-refractivity contribution in [3.05, 3.63) is 11.7 Å². The Morgan fingerprint density at radius 2 is 2.26 bits per heavy atom. The average molecular weight is 264 g/mol. The largest absolute Gasteiger partial charge is 0.339 e. The van der Waals surface area contributed by atoms with Crippen molar-refractivity contribution in [3.8, 4) is 0 Å². The minimum atomic E-state index is 0.749. The molecule has 0 bridgehead atoms. The molecule has 1 aliphatic heterocycles. The van der Waals surface area contributed by atoms with E-state index in [-0.39, 0.29) is 0 Å². The molecule has 0 radical (unpaired) electrons. The third-order valence-corrected chi connectivity index (χ3v) is 4.05. The van der Waals surface area contributed by atoms with Crippen LogP contribution in [0, 0.1) is 5.92 Å². The Labute approximate surface area is 114 Å². The summed E-state index contributed by atoms with van der Waals surface area (Å²) in [5.74, 6) is 2.37. The average Bonchev–Trinajstić information content (AvgIpc) is 3.16. The Morgan fingerprint density at radius 1 is 1.37 bits per heavy atom. The molecule has 1 aromatic rings. The second-order valence-corrected chi connectivity index (χ2v) is 5.88. The number of hydrogen-bond acceptors (Lipinski definition) is 5. The number of likely N-dealkylation sites (tertiary alicyclic amines) is 1. The van der Waals surface area contributed by atoms with E-state index in [1.165, 1.54) is 32.2 Å². The van der Waals surface area contributed by atoms with Crippen molar-refractivity contribution >= 4 is 0 Å². The van der Waals surface area contributed by atoms with Gasteiger partial charge in [-0.05, 0) is 44.7 Å². The maximum Gasteiger partial charge on any atom is 0.226 e. The lowest BCUT2D eigenvalue weighted by molar-refractivity contribution is 0.160. The fraction of sp³-hybridized carbons (Fsp3) is 0.857. The predicted octanol–water partition coefficient (Wildman–Crippen LogP) is 1.60. The molecule has 19 heavy (non-hydrogen) atoms. The van der Waals surface area contributed by atoms with Gasteiger partial charge in [0.1, 0.15) is 0 Å². The number of piperidine rings is 1. The van der Waals surface area contributed by atoms with Crippen molar-refractivity contribution in [1.29, 1.82) is 0 Å². The van der Waals surface area contributed by atoms with E-state index >= 15 is 0 Å². The zero-order valence-corrected chi connectivity index (χ0v) is 11.8. The summed E-state index contributed by atoms with van der Waals surface area (Å²) in [6.07, 6.45) is 6.21. The minimum Gasteiger partial charge on any atom is -0.339 e. The van der Waals surface area contributed by atoms with Crippen molar-refractivity contribution < 1.29 is 4.52 Å². The zero-order valence-electron chi connectivity index (χ0n) is 11.8. The number of nitrogens with one attached hydrogen (secondary N) is 1. The van der Waals surface area contributed by atoms with Crippen LogP contribution in [0.3, 0.4) is 0 Å². The number of aromatic nitrogens is 2. The molecule has 106 valence electrons. The summed E-state index contributed by atoms with van der Waals surface area (Å²) in [4.78, 5) is 6.86. The van der Waals surface area contributed by atoms with Crippen molar-refractivity contribution in [1.82, 2.24) is 20.4 Å². The molecule has 1 N–H and O–H groups in total. The van der Waals surface area contributed by atoms with Gasteiger partial charge in [0.15, 0.2) is 5.82 Å². The first-order valence-electron chi connectivity index (χ1n) is 7.60. The molecule has 1 aromatic heterocycles. The van der Waals surface area contributed by atoms with Gasteiger partial charge in [-0.2, -0.15) is 4.98 Å². The highest BCUT2D eigenvalue weighted by atomic mass is 16.5. The molecular formula is C14H24N4O. The van der Waals surface area contributed by atoms with Crippen LogP contribution < -0.4 is 5.32 Å². The summed E-state index contributed by atoms with van der Waals surface area (Å²) in [6.45, 7) is 6.38. The molecule has 0 spiro atoms. The van der Waals surface area contributed by atoms with Gasteiger partial charge in [-0.1, -0.05) is 12.1 Å². The molecule has 2 aliphatic rings. The van der Waals surface area contributed by atoms with Gasteiger partial charge in [0.2, 0.25) is 5.89 Å². The Kier molecular flexibility index (Phi) is 4.13. The molecule has 5 heteroatoms. The molecule has 2 heterocycles. The van der Waals surface area contributed by atoms with E-state index in [1.807, 2.05) is 6.92 Å². The van der Waals surface area contributed by atoms with Crippen LogP contribution in [-0.4, -0.2) is 40.7 Å². The van der Waals surface area contributed by atoms with Gasteiger partial charge in [0, 0.05) is 19.0 Å². The monoisotopic (exact) mass is 264 g/mol. The summed E-state index contributed by atoms with van der Waals surface area (Å²) in [6, 6.07) is 0.819. The van der Waals surface area contributed by atoms with Crippen LogP contribution in [-0.2, 0) is 13.0 Å². The van der Waals surface area contributed by atoms with Gasteiger partial charge in [-0.15, -0.1) is 0 Å². The van der Waals surface area contributed by atoms with Crippen LogP contribution in [0.15, 0.2) is 4.52 Å². The molecule has 5 nitrogen and oxygen atoms in total. The molecule has 1 saturated carbocycles. The SMILES string of the molecule is CCc1nc(CN2CCCC(CNC3CC3)C2)no1. The van der Waals surface area contributed by atoms with Gasteiger partial charge < -0.3 is 9.84 Å². The maximum absolute atomic E-state index is 5.17. The molecule has 1 unspecified atom stereocenters. The van der Waals surface area contributed by atoms with E-state index in [0.717, 1.165) is 49.7 Å². The lowest BCUT2D eigenvalue weighted by Gasteiger charge is -2.32. The third kappa shape index (κ3) is 3.76. The van der Waals surface area contributed by atoms with Crippen LogP contribution in [0.4, 0.5) is 0 Å². The van der Waals surface area contributed by atoms with Crippen molar-refractivity contribution in [2.24, 2.45) is 5.92 Å². The molecule has 0 aromatic carbocycles. The van der Waals surface area contributed by atoms with Gasteiger partial charge in [-0.3, -0.25) is 4.90 Å². The molecule has 0 amide bonds. The van der Waals surface area contributed by atoms with E-state index in [2.05, 4.69) is 20.4 Å². The van der Waals surface area contributed by atoms with Crippen LogP contribution in [0.2, 0.25) is 0 Å². The molecule has 1 atom stereocenters. The molecule has 3 rings (SSSR count). The first kappa shape index (κ1) is 13.1.